The molecule has 1 N–H and O–H groups in total. The van der Waals surface area contributed by atoms with Gasteiger partial charge in [0.1, 0.15) is 5.75 Å². The number of nitrogens with zero attached hydrogens (tertiary/aromatic N) is 1. The molecular weight excluding hydrogens is 306 g/mol. The van der Waals surface area contributed by atoms with Crippen molar-refractivity contribution < 1.29 is 22.6 Å². The first-order valence-electron chi connectivity index (χ1n) is 3.76. The molecule has 1 rings (SSSR count). The van der Waals surface area contributed by atoms with Crippen LogP contribution in [-0.2, 0) is 10.1 Å². The third kappa shape index (κ3) is 2.49. The maximum Gasteiger partial charge on any atom is 0.301 e. The molecule has 1 aromatic rings. The van der Waals surface area contributed by atoms with Gasteiger partial charge in [-0.25, -0.2) is 0 Å². The number of nitro benzene ring substituents is 1. The van der Waals surface area contributed by atoms with E-state index >= 15 is 0 Å². The van der Waals surface area contributed by atoms with Crippen LogP contribution in [0.4, 0.5) is 5.69 Å². The number of halogens is 1. The van der Waals surface area contributed by atoms with Gasteiger partial charge in [0.25, 0.3) is 5.69 Å². The van der Waals surface area contributed by atoms with Gasteiger partial charge in [0.05, 0.1) is 22.6 Å². The maximum absolute atomic E-state index is 10.9. The fourth-order valence-electron chi connectivity index (χ4n) is 1.03. The number of rotatable bonds is 3. The molecule has 0 saturated carbocycles. The first-order valence-corrected chi connectivity index (χ1v) is 6.00. The second-order valence-corrected chi connectivity index (χ2v) is 4.93. The van der Waals surface area contributed by atoms with Gasteiger partial charge >= 0.3 is 10.1 Å². The van der Waals surface area contributed by atoms with Crippen LogP contribution in [0.25, 0.3) is 0 Å². The molecule has 0 atom stereocenters. The fraction of sp³-hybridized carbons (Fsp3) is 0.143. The molecule has 9 heteroatoms. The topological polar surface area (TPSA) is 107 Å². The molecule has 0 bridgehead atoms. The smallest absolute Gasteiger partial charge is 0.301 e. The molecule has 0 spiro atoms. The summed E-state index contributed by atoms with van der Waals surface area (Å²) in [5.74, 6) is 0.0964. The van der Waals surface area contributed by atoms with Crippen LogP contribution in [0.5, 0.6) is 5.75 Å². The van der Waals surface area contributed by atoms with Gasteiger partial charge in [0.15, 0.2) is 4.90 Å². The maximum atomic E-state index is 10.9. The van der Waals surface area contributed by atoms with Crippen LogP contribution in [0, 0.1) is 10.1 Å². The van der Waals surface area contributed by atoms with E-state index < -0.39 is 25.6 Å². The minimum Gasteiger partial charge on any atom is -0.495 e. The Morgan fingerprint density at radius 1 is 1.50 bits per heavy atom. The van der Waals surface area contributed by atoms with Crippen molar-refractivity contribution in [1.82, 2.24) is 0 Å². The molecule has 0 heterocycles. The van der Waals surface area contributed by atoms with Gasteiger partial charge in [-0.15, -0.1) is 0 Å². The van der Waals surface area contributed by atoms with Crippen LogP contribution < -0.4 is 4.74 Å². The summed E-state index contributed by atoms with van der Waals surface area (Å²) in [6, 6.07) is 1.82. The van der Waals surface area contributed by atoms with Gasteiger partial charge in [-0.05, 0) is 22.0 Å². The molecule has 88 valence electrons. The van der Waals surface area contributed by atoms with Crippen LogP contribution in [0.3, 0.4) is 0 Å². The molecule has 7 nitrogen and oxygen atoms in total. The zero-order valence-corrected chi connectivity index (χ0v) is 10.3. The number of ether oxygens (including phenoxy) is 1. The fourth-order valence-corrected chi connectivity index (χ4v) is 2.35. The van der Waals surface area contributed by atoms with E-state index in [9.17, 15) is 18.5 Å². The summed E-state index contributed by atoms with van der Waals surface area (Å²) in [5, 5.41) is 10.6. The minimum absolute atomic E-state index is 0.0964. The van der Waals surface area contributed by atoms with Crippen LogP contribution in [0.15, 0.2) is 21.5 Å². The highest BCUT2D eigenvalue weighted by molar-refractivity contribution is 9.10. The molecule has 0 aliphatic carbocycles. The van der Waals surface area contributed by atoms with Crippen LogP contribution >= 0.6 is 15.9 Å². The summed E-state index contributed by atoms with van der Waals surface area (Å²) < 4.78 is 35.6. The predicted molar refractivity (Wildman–Crippen MR) is 57.2 cm³/mol. The molecule has 0 amide bonds. The molecule has 0 unspecified atom stereocenters. The summed E-state index contributed by atoms with van der Waals surface area (Å²) >= 11 is 2.96. The summed E-state index contributed by atoms with van der Waals surface area (Å²) in [6.07, 6.45) is 0. The Hall–Kier alpha value is -1.19. The van der Waals surface area contributed by atoms with Gasteiger partial charge in [-0.3, -0.25) is 14.7 Å². The van der Waals surface area contributed by atoms with Crippen molar-refractivity contribution in [2.75, 3.05) is 7.11 Å². The molecule has 0 aliphatic rings. The van der Waals surface area contributed by atoms with Gasteiger partial charge in [-0.2, -0.15) is 8.42 Å². The Morgan fingerprint density at radius 2 is 2.06 bits per heavy atom. The number of methoxy groups -OCH3 is 1. The van der Waals surface area contributed by atoms with E-state index in [-0.39, 0.29) is 10.2 Å². The molecule has 16 heavy (non-hydrogen) atoms. The lowest BCUT2D eigenvalue weighted by atomic mass is 10.3. The standard InChI is InChI=1S/C7H6BrNO6S/c1-15-6-3-5(9(10)11)7(2-4(6)8)16(12,13)14/h2-3H,1H3,(H,12,13,14). The molecular formula is C7H6BrNO6S. The average Bonchev–Trinajstić information content (AvgIpc) is 2.15. The van der Waals surface area contributed by atoms with Gasteiger partial charge < -0.3 is 4.74 Å². The Labute approximate surface area is 99.1 Å². The SMILES string of the molecule is COc1cc([N+](=O)[O-])c(S(=O)(=O)O)cc1Br. The van der Waals surface area contributed by atoms with E-state index in [0.29, 0.717) is 0 Å². The summed E-state index contributed by atoms with van der Waals surface area (Å²) in [4.78, 5) is 8.90. The third-order valence-corrected chi connectivity index (χ3v) is 3.21. The Bertz CT molecular complexity index is 540. The van der Waals surface area contributed by atoms with Gasteiger partial charge in [0, 0.05) is 0 Å². The second kappa shape index (κ2) is 4.36. The molecule has 0 fully saturated rings. The van der Waals surface area contributed by atoms with Crippen LogP contribution in [-0.4, -0.2) is 25.0 Å². The minimum atomic E-state index is -4.65. The summed E-state index contributed by atoms with van der Waals surface area (Å²) in [5.41, 5.74) is -0.748. The van der Waals surface area contributed by atoms with Crippen molar-refractivity contribution in [3.05, 3.63) is 26.7 Å². The van der Waals surface area contributed by atoms with Crippen molar-refractivity contribution in [2.45, 2.75) is 4.90 Å². The first-order chi connectivity index (χ1) is 7.27. The highest BCUT2D eigenvalue weighted by Gasteiger charge is 2.26. The van der Waals surface area contributed by atoms with E-state index in [1.165, 1.54) is 7.11 Å². The highest BCUT2D eigenvalue weighted by atomic mass is 79.9. The zero-order chi connectivity index (χ0) is 12.5. The van der Waals surface area contributed by atoms with Crippen molar-refractivity contribution in [1.29, 1.82) is 0 Å². The molecule has 0 aromatic heterocycles. The lowest BCUT2D eigenvalue weighted by Crippen LogP contribution is -2.04. The quantitative estimate of drug-likeness (QED) is 0.516. The second-order valence-electron chi connectivity index (χ2n) is 2.69. The third-order valence-electron chi connectivity index (χ3n) is 1.71. The van der Waals surface area contributed by atoms with Gasteiger partial charge in [0.2, 0.25) is 0 Å². The van der Waals surface area contributed by atoms with Crippen molar-refractivity contribution in [3.63, 3.8) is 0 Å². The van der Waals surface area contributed by atoms with E-state index in [1.807, 2.05) is 0 Å². The number of nitro groups is 1. The first kappa shape index (κ1) is 12.9. The number of hydrogen-bond donors (Lipinski definition) is 1. The highest BCUT2D eigenvalue weighted by Crippen LogP contribution is 2.34. The number of hydrogen-bond acceptors (Lipinski definition) is 5. The molecule has 0 aliphatic heterocycles. The zero-order valence-electron chi connectivity index (χ0n) is 7.88. The summed E-state index contributed by atoms with van der Waals surface area (Å²) in [6.45, 7) is 0. The van der Waals surface area contributed by atoms with Crippen molar-refractivity contribution in [2.24, 2.45) is 0 Å². The Balaban J connectivity index is 3.62. The summed E-state index contributed by atoms with van der Waals surface area (Å²) in [7, 11) is -3.38. The average molecular weight is 312 g/mol. The van der Waals surface area contributed by atoms with Crippen molar-refractivity contribution in [3.8, 4) is 5.75 Å². The normalized spacial score (nSPS) is 11.2. The Morgan fingerprint density at radius 3 is 2.44 bits per heavy atom. The lowest BCUT2D eigenvalue weighted by Gasteiger charge is -2.05. The molecule has 0 saturated heterocycles. The largest absolute Gasteiger partial charge is 0.495 e. The van der Waals surface area contributed by atoms with Crippen LogP contribution in [0.1, 0.15) is 0 Å². The molecule has 1 aromatic carbocycles. The van der Waals surface area contributed by atoms with E-state index in [1.54, 1.807) is 0 Å². The van der Waals surface area contributed by atoms with Crippen LogP contribution in [0.2, 0.25) is 0 Å². The van der Waals surface area contributed by atoms with E-state index in [4.69, 9.17) is 9.29 Å². The Kier molecular flexibility index (Phi) is 3.51. The van der Waals surface area contributed by atoms with E-state index in [0.717, 1.165) is 12.1 Å². The van der Waals surface area contributed by atoms with Crippen molar-refractivity contribution >= 4 is 31.7 Å². The predicted octanol–water partition coefficient (Wildman–Crippen LogP) is 1.61. The molecule has 0 radical (unpaired) electrons. The number of benzene rings is 1. The van der Waals surface area contributed by atoms with E-state index in [2.05, 4.69) is 15.9 Å². The van der Waals surface area contributed by atoms with Gasteiger partial charge in [-0.1, -0.05) is 0 Å². The lowest BCUT2D eigenvalue weighted by molar-refractivity contribution is -0.388. The monoisotopic (exact) mass is 311 g/mol.